The normalized spacial score (nSPS) is 13.9. The Kier molecular flexibility index (Phi) is 7.21. The molecular weight excluding hydrogens is 270 g/mol. The highest BCUT2D eigenvalue weighted by Gasteiger charge is 2.21. The number of hydrogen-bond donors (Lipinski definition) is 1. The summed E-state index contributed by atoms with van der Waals surface area (Å²) < 4.78 is 0. The summed E-state index contributed by atoms with van der Waals surface area (Å²) >= 11 is 0. The molecule has 0 aromatic heterocycles. The van der Waals surface area contributed by atoms with Crippen molar-refractivity contribution in [2.45, 2.75) is 19.3 Å². The van der Waals surface area contributed by atoms with Crippen LogP contribution in [0.25, 0.3) is 0 Å². The van der Waals surface area contributed by atoms with Crippen molar-refractivity contribution < 1.29 is 14.4 Å². The molecule has 0 aromatic carbocycles. The number of carbonyl (C=O) groups excluding carboxylic acids is 3. The van der Waals surface area contributed by atoms with Crippen molar-refractivity contribution in [2.75, 3.05) is 32.7 Å². The van der Waals surface area contributed by atoms with Crippen molar-refractivity contribution in [1.29, 1.82) is 0 Å². The second-order valence-corrected chi connectivity index (χ2v) is 4.88. The Labute approximate surface area is 125 Å². The van der Waals surface area contributed by atoms with E-state index in [4.69, 9.17) is 0 Å². The van der Waals surface area contributed by atoms with Gasteiger partial charge in [0.15, 0.2) is 0 Å². The molecule has 0 radical (unpaired) electrons. The first-order valence-corrected chi connectivity index (χ1v) is 7.16. The van der Waals surface area contributed by atoms with E-state index >= 15 is 0 Å². The van der Waals surface area contributed by atoms with Crippen LogP contribution in [0.3, 0.4) is 0 Å². The van der Waals surface area contributed by atoms with Crippen LogP contribution >= 0.6 is 0 Å². The summed E-state index contributed by atoms with van der Waals surface area (Å²) in [6, 6.07) is 0. The van der Waals surface area contributed by atoms with Crippen molar-refractivity contribution >= 4 is 17.7 Å². The highest BCUT2D eigenvalue weighted by atomic mass is 16.2. The first-order valence-electron chi connectivity index (χ1n) is 7.16. The molecule has 0 aromatic rings. The van der Waals surface area contributed by atoms with Crippen LogP contribution in [0.2, 0.25) is 0 Å². The van der Waals surface area contributed by atoms with Gasteiger partial charge in [-0.1, -0.05) is 12.2 Å². The molecule has 0 spiro atoms. The third-order valence-corrected chi connectivity index (χ3v) is 3.24. The van der Waals surface area contributed by atoms with Crippen LogP contribution in [-0.2, 0) is 14.4 Å². The second kappa shape index (κ2) is 8.94. The monoisotopic (exact) mass is 293 g/mol. The van der Waals surface area contributed by atoms with Gasteiger partial charge in [-0.05, 0) is 12.8 Å². The molecule has 1 N–H and O–H groups in total. The van der Waals surface area contributed by atoms with Gasteiger partial charge >= 0.3 is 11.8 Å². The average molecular weight is 293 g/mol. The summed E-state index contributed by atoms with van der Waals surface area (Å²) in [5, 5.41) is 2.58. The molecule has 0 aliphatic carbocycles. The first kappa shape index (κ1) is 16.9. The minimum atomic E-state index is -0.633. The van der Waals surface area contributed by atoms with Crippen molar-refractivity contribution in [3.05, 3.63) is 25.3 Å². The maximum atomic E-state index is 11.9. The van der Waals surface area contributed by atoms with Gasteiger partial charge in [0.2, 0.25) is 5.91 Å². The number of likely N-dealkylation sites (tertiary alicyclic amines) is 1. The topological polar surface area (TPSA) is 69.7 Å². The van der Waals surface area contributed by atoms with Gasteiger partial charge in [-0.2, -0.15) is 0 Å². The zero-order chi connectivity index (χ0) is 15.7. The van der Waals surface area contributed by atoms with Gasteiger partial charge in [0.1, 0.15) is 0 Å². The molecule has 1 saturated heterocycles. The van der Waals surface area contributed by atoms with Crippen LogP contribution in [-0.4, -0.2) is 60.2 Å². The molecule has 0 saturated carbocycles. The maximum Gasteiger partial charge on any atom is 0.312 e. The lowest BCUT2D eigenvalue weighted by Gasteiger charge is -2.19. The van der Waals surface area contributed by atoms with E-state index in [0.717, 1.165) is 13.0 Å². The number of carbonyl (C=O) groups is 3. The number of rotatable bonds is 8. The Morgan fingerprint density at radius 2 is 1.95 bits per heavy atom. The van der Waals surface area contributed by atoms with Gasteiger partial charge in [0.25, 0.3) is 0 Å². The van der Waals surface area contributed by atoms with Crippen LogP contribution in [0.1, 0.15) is 19.3 Å². The molecule has 3 amide bonds. The van der Waals surface area contributed by atoms with E-state index < -0.39 is 11.8 Å². The summed E-state index contributed by atoms with van der Waals surface area (Å²) in [5.74, 6) is -1.06. The number of nitrogens with zero attached hydrogens (tertiary/aromatic N) is 2. The lowest BCUT2D eigenvalue weighted by molar-refractivity contribution is -0.145. The smallest absolute Gasteiger partial charge is 0.312 e. The largest absolute Gasteiger partial charge is 0.348 e. The molecule has 6 heteroatoms. The highest BCUT2D eigenvalue weighted by molar-refractivity contribution is 6.35. The summed E-state index contributed by atoms with van der Waals surface area (Å²) in [7, 11) is 0. The number of nitrogens with one attached hydrogen (secondary N) is 1. The van der Waals surface area contributed by atoms with Gasteiger partial charge < -0.3 is 15.1 Å². The van der Waals surface area contributed by atoms with E-state index in [2.05, 4.69) is 18.5 Å². The van der Waals surface area contributed by atoms with Crippen LogP contribution in [0.5, 0.6) is 0 Å². The van der Waals surface area contributed by atoms with E-state index in [1.54, 1.807) is 17.1 Å². The fourth-order valence-corrected chi connectivity index (χ4v) is 2.18. The minimum absolute atomic E-state index is 0.167. The average Bonchev–Trinajstić information content (AvgIpc) is 2.87. The Bertz CT molecular complexity index is 410. The minimum Gasteiger partial charge on any atom is -0.348 e. The van der Waals surface area contributed by atoms with Gasteiger partial charge in [0.05, 0.1) is 0 Å². The lowest BCUT2D eigenvalue weighted by atomic mass is 10.3. The standard InChI is InChI=1S/C15H23N3O3/c1-3-9-18(10-4-2)15(21)14(20)16-8-6-12-17-11-5-7-13(17)19/h3-4H,1-2,5-12H2,(H,16,20). The molecule has 0 bridgehead atoms. The molecule has 1 aliphatic heterocycles. The third-order valence-electron chi connectivity index (χ3n) is 3.24. The van der Waals surface area contributed by atoms with E-state index in [-0.39, 0.29) is 5.91 Å². The summed E-state index contributed by atoms with van der Waals surface area (Å²) in [4.78, 5) is 38.2. The predicted octanol–water partition coefficient (Wildman–Crippen LogP) is 0.316. The molecule has 6 nitrogen and oxygen atoms in total. The summed E-state index contributed by atoms with van der Waals surface area (Å²) in [5.41, 5.74) is 0. The predicted molar refractivity (Wildman–Crippen MR) is 80.4 cm³/mol. The zero-order valence-electron chi connectivity index (χ0n) is 12.3. The Morgan fingerprint density at radius 3 is 2.48 bits per heavy atom. The van der Waals surface area contributed by atoms with Crippen LogP contribution in [0.15, 0.2) is 25.3 Å². The van der Waals surface area contributed by atoms with Gasteiger partial charge in [-0.3, -0.25) is 14.4 Å². The molecule has 1 fully saturated rings. The van der Waals surface area contributed by atoms with Crippen molar-refractivity contribution in [1.82, 2.24) is 15.1 Å². The van der Waals surface area contributed by atoms with E-state index in [1.165, 1.54) is 4.90 Å². The molecule has 116 valence electrons. The van der Waals surface area contributed by atoms with Crippen molar-refractivity contribution in [3.8, 4) is 0 Å². The Balaban J connectivity index is 2.28. The fraction of sp³-hybridized carbons (Fsp3) is 0.533. The van der Waals surface area contributed by atoms with Crippen LogP contribution in [0, 0.1) is 0 Å². The molecule has 21 heavy (non-hydrogen) atoms. The quantitative estimate of drug-likeness (QED) is 0.398. The Morgan fingerprint density at radius 1 is 1.29 bits per heavy atom. The lowest BCUT2D eigenvalue weighted by Crippen LogP contribution is -2.43. The molecule has 1 aliphatic rings. The van der Waals surface area contributed by atoms with E-state index in [0.29, 0.717) is 39.0 Å². The van der Waals surface area contributed by atoms with E-state index in [1.807, 2.05) is 0 Å². The van der Waals surface area contributed by atoms with Gasteiger partial charge in [-0.15, -0.1) is 13.2 Å². The fourth-order valence-electron chi connectivity index (χ4n) is 2.18. The molecular formula is C15H23N3O3. The molecule has 1 rings (SSSR count). The number of amides is 3. The molecule has 0 unspecified atom stereocenters. The second-order valence-electron chi connectivity index (χ2n) is 4.88. The van der Waals surface area contributed by atoms with Crippen molar-refractivity contribution in [2.24, 2.45) is 0 Å². The van der Waals surface area contributed by atoms with E-state index in [9.17, 15) is 14.4 Å². The maximum absolute atomic E-state index is 11.9. The zero-order valence-corrected chi connectivity index (χ0v) is 12.3. The van der Waals surface area contributed by atoms with Gasteiger partial charge in [0, 0.05) is 39.1 Å². The SMILES string of the molecule is C=CCN(CC=C)C(=O)C(=O)NCCCN1CCCC1=O. The third kappa shape index (κ3) is 5.41. The first-order chi connectivity index (χ1) is 10.1. The van der Waals surface area contributed by atoms with Crippen LogP contribution < -0.4 is 5.32 Å². The molecule has 0 atom stereocenters. The van der Waals surface area contributed by atoms with Gasteiger partial charge in [-0.25, -0.2) is 0 Å². The highest BCUT2D eigenvalue weighted by Crippen LogP contribution is 2.09. The Hall–Kier alpha value is -2.11. The number of hydrogen-bond acceptors (Lipinski definition) is 3. The molecule has 1 heterocycles. The summed E-state index contributed by atoms with van der Waals surface area (Å²) in [6.07, 6.45) is 5.29. The summed E-state index contributed by atoms with van der Waals surface area (Å²) in [6.45, 7) is 9.51. The van der Waals surface area contributed by atoms with Crippen molar-refractivity contribution in [3.63, 3.8) is 0 Å². The van der Waals surface area contributed by atoms with Crippen LogP contribution in [0.4, 0.5) is 0 Å².